The molecular weight excluding hydrogens is 448 g/mol. The van der Waals surface area contributed by atoms with Gasteiger partial charge in [-0.2, -0.15) is 0 Å². The van der Waals surface area contributed by atoms with Crippen LogP contribution in [0.15, 0.2) is 120 Å². The minimum Gasteiger partial charge on any atom is -0.327 e. The molecule has 4 aromatic carbocycles. The molecule has 0 bridgehead atoms. The molecule has 3 amide bonds. The highest BCUT2D eigenvalue weighted by molar-refractivity contribution is 6.20. The number of hydrogen-bond acceptors (Lipinski definition) is 3. The molecule has 0 spiro atoms. The molecule has 6 heteroatoms. The Morgan fingerprint density at radius 2 is 1.31 bits per heavy atom. The maximum atomic E-state index is 13.4. The summed E-state index contributed by atoms with van der Waals surface area (Å²) in [6.07, 6.45) is -1.09. The number of carbonyl (C=O) groups excluding carboxylic acids is 2. The van der Waals surface area contributed by atoms with E-state index in [9.17, 15) is 9.59 Å². The predicted octanol–water partition coefficient (Wildman–Crippen LogP) is 4.92. The minimum atomic E-state index is -1.09. The van der Waals surface area contributed by atoms with Gasteiger partial charge in [-0.1, -0.05) is 109 Å². The Labute approximate surface area is 210 Å². The normalized spacial score (nSPS) is 15.1. The van der Waals surface area contributed by atoms with Crippen molar-refractivity contribution in [1.29, 1.82) is 0 Å². The van der Waals surface area contributed by atoms with Crippen LogP contribution in [-0.2, 0) is 4.79 Å². The van der Waals surface area contributed by atoms with Gasteiger partial charge in [0.2, 0.25) is 6.17 Å². The number of carbonyl (C=O) groups is 2. The molecule has 178 valence electrons. The van der Waals surface area contributed by atoms with Crippen molar-refractivity contribution in [3.8, 4) is 0 Å². The molecule has 2 N–H and O–H groups in total. The predicted molar refractivity (Wildman–Crippen MR) is 142 cm³/mol. The van der Waals surface area contributed by atoms with Crippen LogP contribution < -0.4 is 15.5 Å². The fourth-order valence-corrected chi connectivity index (χ4v) is 4.39. The number of benzodiazepines with no additional fused rings is 1. The summed E-state index contributed by atoms with van der Waals surface area (Å²) in [6.45, 7) is 0. The Morgan fingerprint density at radius 1 is 0.778 bits per heavy atom. The smallest absolute Gasteiger partial charge is 0.317 e. The van der Waals surface area contributed by atoms with Crippen molar-refractivity contribution >= 4 is 23.3 Å². The Hall–Kier alpha value is -4.71. The lowest BCUT2D eigenvalue weighted by atomic mass is 9.99. The van der Waals surface area contributed by atoms with Crippen LogP contribution in [0.1, 0.15) is 28.3 Å². The van der Waals surface area contributed by atoms with Gasteiger partial charge in [0.25, 0.3) is 5.91 Å². The number of nitrogens with zero attached hydrogens (tertiary/aromatic N) is 2. The number of aliphatic imine (C=N–C) groups is 1. The van der Waals surface area contributed by atoms with Crippen molar-refractivity contribution in [2.45, 2.75) is 12.2 Å². The highest BCUT2D eigenvalue weighted by atomic mass is 16.2. The molecule has 0 aromatic heterocycles. The molecule has 4 aromatic rings. The van der Waals surface area contributed by atoms with E-state index in [4.69, 9.17) is 4.99 Å². The SMILES string of the molecule is CN1C(=O)C(NC(=O)NC(c2ccccc2)c2ccccc2)N=C(c2ccccc2)c2ccccc21. The number of hydrogen-bond donors (Lipinski definition) is 2. The maximum absolute atomic E-state index is 13.4. The standard InChI is InChI=1S/C30H26N4O2/c1-34-25-20-12-11-19-24(25)27(23-17-9-4-10-18-23)31-28(29(34)35)33-30(36)32-26(21-13-5-2-6-14-21)22-15-7-3-8-16-22/h2-20,26,28H,1H3,(H2,32,33,36). The summed E-state index contributed by atoms with van der Waals surface area (Å²) in [7, 11) is 1.70. The molecule has 5 rings (SSSR count). The van der Waals surface area contributed by atoms with Crippen LogP contribution in [0.5, 0.6) is 0 Å². The topological polar surface area (TPSA) is 73.8 Å². The summed E-state index contributed by atoms with van der Waals surface area (Å²) in [5.41, 5.74) is 4.95. The number of rotatable bonds is 5. The van der Waals surface area contributed by atoms with Crippen molar-refractivity contribution in [3.05, 3.63) is 138 Å². The summed E-state index contributed by atoms with van der Waals surface area (Å²) >= 11 is 0. The van der Waals surface area contributed by atoms with E-state index in [1.165, 1.54) is 0 Å². The van der Waals surface area contributed by atoms with Crippen LogP contribution in [0.2, 0.25) is 0 Å². The Kier molecular flexibility index (Phi) is 6.58. The van der Waals surface area contributed by atoms with Crippen LogP contribution in [0.4, 0.5) is 10.5 Å². The first-order valence-corrected chi connectivity index (χ1v) is 11.8. The zero-order valence-electron chi connectivity index (χ0n) is 19.8. The van der Waals surface area contributed by atoms with E-state index in [-0.39, 0.29) is 11.9 Å². The lowest BCUT2D eigenvalue weighted by Gasteiger charge is -2.23. The number of urea groups is 1. The second-order valence-electron chi connectivity index (χ2n) is 8.53. The van der Waals surface area contributed by atoms with Crippen molar-refractivity contribution < 1.29 is 9.59 Å². The summed E-state index contributed by atoms with van der Waals surface area (Å²) in [4.78, 5) is 33.0. The van der Waals surface area contributed by atoms with Gasteiger partial charge in [-0.05, 0) is 17.2 Å². The third kappa shape index (κ3) is 4.74. The van der Waals surface area contributed by atoms with E-state index in [0.717, 1.165) is 27.9 Å². The first-order chi connectivity index (χ1) is 17.6. The van der Waals surface area contributed by atoms with Gasteiger partial charge in [-0.3, -0.25) is 4.79 Å². The van der Waals surface area contributed by atoms with Crippen LogP contribution in [0.25, 0.3) is 0 Å². The quantitative estimate of drug-likeness (QED) is 0.431. The summed E-state index contributed by atoms with van der Waals surface area (Å²) in [6, 6.07) is 35.9. The Bertz CT molecular complexity index is 1350. The van der Waals surface area contributed by atoms with Crippen LogP contribution in [-0.4, -0.2) is 30.9 Å². The maximum Gasteiger partial charge on any atom is 0.317 e. The molecule has 36 heavy (non-hydrogen) atoms. The molecule has 1 atom stereocenters. The lowest BCUT2D eigenvalue weighted by Crippen LogP contribution is -2.50. The van der Waals surface area contributed by atoms with Crippen molar-refractivity contribution in [2.75, 3.05) is 11.9 Å². The molecule has 0 aliphatic carbocycles. The van der Waals surface area contributed by atoms with Crippen molar-refractivity contribution in [2.24, 2.45) is 4.99 Å². The molecule has 1 aliphatic heterocycles. The van der Waals surface area contributed by atoms with Crippen LogP contribution in [0.3, 0.4) is 0 Å². The second kappa shape index (κ2) is 10.3. The van der Waals surface area contributed by atoms with Gasteiger partial charge in [0, 0.05) is 18.2 Å². The number of nitrogens with one attached hydrogen (secondary N) is 2. The van der Waals surface area contributed by atoms with E-state index in [1.807, 2.05) is 115 Å². The number of benzene rings is 4. The molecule has 6 nitrogen and oxygen atoms in total. The largest absolute Gasteiger partial charge is 0.327 e. The van der Waals surface area contributed by atoms with Gasteiger partial charge in [0.05, 0.1) is 17.4 Å². The lowest BCUT2D eigenvalue weighted by molar-refractivity contribution is -0.119. The molecule has 0 fully saturated rings. The zero-order chi connectivity index (χ0) is 24.9. The van der Waals surface area contributed by atoms with Gasteiger partial charge in [-0.15, -0.1) is 0 Å². The van der Waals surface area contributed by atoms with Gasteiger partial charge in [0.15, 0.2) is 0 Å². The van der Waals surface area contributed by atoms with E-state index in [1.54, 1.807) is 11.9 Å². The molecule has 0 saturated heterocycles. The highest BCUT2D eigenvalue weighted by Crippen LogP contribution is 2.27. The first-order valence-electron chi connectivity index (χ1n) is 11.8. The summed E-state index contributed by atoms with van der Waals surface area (Å²) in [5.74, 6) is -0.320. The van der Waals surface area contributed by atoms with E-state index >= 15 is 0 Å². The third-order valence-corrected chi connectivity index (χ3v) is 6.20. The molecular formula is C30H26N4O2. The van der Waals surface area contributed by atoms with Crippen molar-refractivity contribution in [1.82, 2.24) is 10.6 Å². The second-order valence-corrected chi connectivity index (χ2v) is 8.53. The summed E-state index contributed by atoms with van der Waals surface area (Å²) < 4.78 is 0. The Morgan fingerprint density at radius 3 is 1.92 bits per heavy atom. The van der Waals surface area contributed by atoms with Gasteiger partial charge >= 0.3 is 6.03 Å². The highest BCUT2D eigenvalue weighted by Gasteiger charge is 2.31. The number of likely N-dealkylation sites (N-methyl/N-ethyl adjacent to an activating group) is 1. The molecule has 1 unspecified atom stereocenters. The number of para-hydroxylation sites is 1. The summed E-state index contributed by atoms with van der Waals surface area (Å²) in [5, 5.41) is 5.85. The van der Waals surface area contributed by atoms with Gasteiger partial charge < -0.3 is 15.5 Å². The number of fused-ring (bicyclic) bond motifs is 1. The average molecular weight is 475 g/mol. The van der Waals surface area contributed by atoms with Gasteiger partial charge in [-0.25, -0.2) is 9.79 Å². The molecule has 0 saturated carbocycles. The van der Waals surface area contributed by atoms with Crippen LogP contribution >= 0.6 is 0 Å². The average Bonchev–Trinajstić information content (AvgIpc) is 3.04. The third-order valence-electron chi connectivity index (χ3n) is 6.20. The Balaban J connectivity index is 1.47. The number of amides is 3. The van der Waals surface area contributed by atoms with Crippen molar-refractivity contribution in [3.63, 3.8) is 0 Å². The monoisotopic (exact) mass is 474 g/mol. The van der Waals surface area contributed by atoms with E-state index < -0.39 is 12.2 Å². The molecule has 1 aliphatic rings. The van der Waals surface area contributed by atoms with Gasteiger partial charge in [0.1, 0.15) is 0 Å². The zero-order valence-corrected chi connectivity index (χ0v) is 19.8. The molecule has 1 heterocycles. The fourth-order valence-electron chi connectivity index (χ4n) is 4.39. The molecule has 0 radical (unpaired) electrons. The number of anilines is 1. The van der Waals surface area contributed by atoms with E-state index in [0.29, 0.717) is 5.71 Å². The first kappa shape index (κ1) is 23.1. The minimum absolute atomic E-state index is 0.320. The fraction of sp³-hybridized carbons (Fsp3) is 0.100. The van der Waals surface area contributed by atoms with Crippen LogP contribution in [0, 0.1) is 0 Å². The van der Waals surface area contributed by atoms with E-state index in [2.05, 4.69) is 10.6 Å².